The number of nitrogens with zero attached hydrogens (tertiary/aromatic N) is 1. The fourth-order valence-corrected chi connectivity index (χ4v) is 6.72. The molecule has 5 aromatic rings. The zero-order valence-electron chi connectivity index (χ0n) is 20.9. The average Bonchev–Trinajstić information content (AvgIpc) is 3.53. The Balaban J connectivity index is 1.44. The number of hydrogen-bond donors (Lipinski definition) is 1. The highest BCUT2D eigenvalue weighted by molar-refractivity contribution is 5.83. The van der Waals surface area contributed by atoms with E-state index in [1.807, 2.05) is 0 Å². The maximum Gasteiger partial charge on any atom is 0.0505 e. The molecule has 0 aromatic heterocycles. The van der Waals surface area contributed by atoms with E-state index in [1.165, 1.54) is 45.0 Å². The Labute approximate surface area is 219 Å². The lowest BCUT2D eigenvalue weighted by molar-refractivity contribution is 0.509. The van der Waals surface area contributed by atoms with Crippen LogP contribution in [-0.4, -0.2) is 0 Å². The van der Waals surface area contributed by atoms with Crippen LogP contribution in [-0.2, 0) is 18.3 Å². The van der Waals surface area contributed by atoms with Gasteiger partial charge in [-0.15, -0.1) is 0 Å². The minimum absolute atomic E-state index is 0.00143. The molecule has 0 heterocycles. The molecule has 0 unspecified atom stereocenters. The number of para-hydroxylation sites is 3. The lowest BCUT2D eigenvalue weighted by Gasteiger charge is -2.35. The van der Waals surface area contributed by atoms with E-state index in [2.05, 4.69) is 138 Å². The lowest BCUT2D eigenvalue weighted by atomic mass is 9.75. The molecule has 2 heteroatoms. The molecule has 2 aliphatic rings. The van der Waals surface area contributed by atoms with Gasteiger partial charge in [-0.1, -0.05) is 78.9 Å². The first-order valence-corrected chi connectivity index (χ1v) is 13.3. The fourth-order valence-electron chi connectivity index (χ4n) is 6.72. The summed E-state index contributed by atoms with van der Waals surface area (Å²) < 4.78 is 0. The SMILES string of the molecule is c1ccc(Nc2cccc3c2[C@@]2(CC3)CCc3cccc(N(c4ccccc4)c4ccccc4)c32)cc1. The maximum absolute atomic E-state index is 3.78. The summed E-state index contributed by atoms with van der Waals surface area (Å²) in [6, 6.07) is 46.0. The predicted octanol–water partition coefficient (Wildman–Crippen LogP) is 9.08. The molecule has 0 bridgehead atoms. The first kappa shape index (κ1) is 21.9. The molecule has 5 aromatic carbocycles. The van der Waals surface area contributed by atoms with Gasteiger partial charge in [0.1, 0.15) is 0 Å². The summed E-state index contributed by atoms with van der Waals surface area (Å²) in [5, 5.41) is 3.78. The summed E-state index contributed by atoms with van der Waals surface area (Å²) in [6.07, 6.45) is 4.53. The first-order valence-electron chi connectivity index (χ1n) is 13.3. The van der Waals surface area contributed by atoms with Gasteiger partial charge in [0.05, 0.1) is 5.69 Å². The second kappa shape index (κ2) is 8.97. The van der Waals surface area contributed by atoms with Gasteiger partial charge in [-0.3, -0.25) is 0 Å². The highest BCUT2D eigenvalue weighted by Gasteiger charge is 2.48. The van der Waals surface area contributed by atoms with Crippen molar-refractivity contribution in [1.82, 2.24) is 0 Å². The van der Waals surface area contributed by atoms with Crippen LogP contribution < -0.4 is 10.2 Å². The van der Waals surface area contributed by atoms with E-state index in [0.29, 0.717) is 0 Å². The molecular weight excluding hydrogens is 448 g/mol. The van der Waals surface area contributed by atoms with E-state index < -0.39 is 0 Å². The number of fused-ring (bicyclic) bond motifs is 4. The predicted molar refractivity (Wildman–Crippen MR) is 155 cm³/mol. The Morgan fingerprint density at radius 3 is 1.68 bits per heavy atom. The van der Waals surface area contributed by atoms with Crippen molar-refractivity contribution in [3.05, 3.63) is 150 Å². The third-order valence-electron chi connectivity index (χ3n) is 8.20. The molecule has 0 saturated heterocycles. The molecule has 37 heavy (non-hydrogen) atoms. The third kappa shape index (κ3) is 3.64. The average molecular weight is 479 g/mol. The molecule has 1 spiro atoms. The van der Waals surface area contributed by atoms with E-state index in [-0.39, 0.29) is 5.41 Å². The molecular formula is C35H30N2. The summed E-state index contributed by atoms with van der Waals surface area (Å²) in [4.78, 5) is 2.46. The number of nitrogens with one attached hydrogen (secondary N) is 1. The molecule has 0 fully saturated rings. The molecule has 180 valence electrons. The van der Waals surface area contributed by atoms with Crippen molar-refractivity contribution in [3.63, 3.8) is 0 Å². The van der Waals surface area contributed by atoms with Gasteiger partial charge in [0.25, 0.3) is 0 Å². The normalized spacial score (nSPS) is 17.4. The molecule has 0 saturated carbocycles. The van der Waals surface area contributed by atoms with Crippen LogP contribution in [0.4, 0.5) is 28.4 Å². The summed E-state index contributed by atoms with van der Waals surface area (Å²) in [6.45, 7) is 0. The topological polar surface area (TPSA) is 15.3 Å². The second-order valence-electron chi connectivity index (χ2n) is 10.2. The van der Waals surface area contributed by atoms with Gasteiger partial charge in [0.15, 0.2) is 0 Å². The fraction of sp³-hybridized carbons (Fsp3) is 0.143. The smallest absolute Gasteiger partial charge is 0.0505 e. The zero-order chi connectivity index (χ0) is 24.7. The van der Waals surface area contributed by atoms with E-state index >= 15 is 0 Å². The van der Waals surface area contributed by atoms with Crippen molar-refractivity contribution in [2.75, 3.05) is 10.2 Å². The standard InChI is InChI=1S/C35H30N2/c1-4-14-28(15-5-1)36-31-20-10-12-26-22-24-35(33(26)31)25-23-27-13-11-21-32(34(27)35)37(29-16-6-2-7-17-29)30-18-8-3-9-19-30/h1-21,36H,22-25H2/t35-/m1/s1. The van der Waals surface area contributed by atoms with Crippen LogP contribution in [0, 0.1) is 0 Å². The van der Waals surface area contributed by atoms with E-state index in [1.54, 1.807) is 0 Å². The first-order chi connectivity index (χ1) is 18.3. The molecule has 0 radical (unpaired) electrons. The number of rotatable bonds is 5. The van der Waals surface area contributed by atoms with Gasteiger partial charge in [0.2, 0.25) is 0 Å². The Hall–Kier alpha value is -4.30. The van der Waals surface area contributed by atoms with Crippen molar-refractivity contribution in [2.24, 2.45) is 0 Å². The van der Waals surface area contributed by atoms with Gasteiger partial charge < -0.3 is 10.2 Å². The second-order valence-corrected chi connectivity index (χ2v) is 10.2. The van der Waals surface area contributed by atoms with E-state index in [9.17, 15) is 0 Å². The van der Waals surface area contributed by atoms with E-state index in [0.717, 1.165) is 31.4 Å². The molecule has 1 N–H and O–H groups in total. The van der Waals surface area contributed by atoms with Gasteiger partial charge in [-0.2, -0.15) is 0 Å². The minimum Gasteiger partial charge on any atom is -0.355 e. The Kier molecular flexibility index (Phi) is 5.32. The summed E-state index contributed by atoms with van der Waals surface area (Å²) in [7, 11) is 0. The number of hydrogen-bond acceptors (Lipinski definition) is 2. The van der Waals surface area contributed by atoms with Crippen molar-refractivity contribution in [3.8, 4) is 0 Å². The van der Waals surface area contributed by atoms with Crippen LogP contribution in [0.3, 0.4) is 0 Å². The zero-order valence-corrected chi connectivity index (χ0v) is 20.9. The number of benzene rings is 5. The van der Waals surface area contributed by atoms with E-state index in [4.69, 9.17) is 0 Å². The van der Waals surface area contributed by atoms with Gasteiger partial charge in [-0.05, 0) is 96.5 Å². The quantitative estimate of drug-likeness (QED) is 0.271. The molecule has 2 aliphatic carbocycles. The van der Waals surface area contributed by atoms with Crippen LogP contribution in [0.25, 0.3) is 0 Å². The number of anilines is 5. The molecule has 0 amide bonds. The summed E-state index contributed by atoms with van der Waals surface area (Å²) >= 11 is 0. The Morgan fingerprint density at radius 1 is 0.514 bits per heavy atom. The highest BCUT2D eigenvalue weighted by Crippen LogP contribution is 2.58. The summed E-state index contributed by atoms with van der Waals surface area (Å²) in [5.41, 5.74) is 12.0. The minimum atomic E-state index is 0.00143. The van der Waals surface area contributed by atoms with Crippen molar-refractivity contribution < 1.29 is 0 Å². The van der Waals surface area contributed by atoms with Crippen LogP contribution in [0.5, 0.6) is 0 Å². The van der Waals surface area contributed by atoms with Crippen molar-refractivity contribution in [2.45, 2.75) is 31.1 Å². The van der Waals surface area contributed by atoms with Crippen LogP contribution in [0.1, 0.15) is 35.1 Å². The molecule has 2 nitrogen and oxygen atoms in total. The lowest BCUT2D eigenvalue weighted by Crippen LogP contribution is -2.25. The van der Waals surface area contributed by atoms with Crippen molar-refractivity contribution in [1.29, 1.82) is 0 Å². The Bertz CT molecular complexity index is 1500. The molecule has 0 aliphatic heterocycles. The molecule has 7 rings (SSSR count). The van der Waals surface area contributed by atoms with Crippen LogP contribution >= 0.6 is 0 Å². The van der Waals surface area contributed by atoms with Gasteiger partial charge >= 0.3 is 0 Å². The summed E-state index contributed by atoms with van der Waals surface area (Å²) in [5.74, 6) is 0. The van der Waals surface area contributed by atoms with Gasteiger partial charge in [-0.25, -0.2) is 0 Å². The Morgan fingerprint density at radius 2 is 1.05 bits per heavy atom. The van der Waals surface area contributed by atoms with Crippen LogP contribution in [0.15, 0.2) is 127 Å². The number of aryl methyl sites for hydroxylation is 2. The monoisotopic (exact) mass is 478 g/mol. The maximum atomic E-state index is 3.78. The van der Waals surface area contributed by atoms with Gasteiger partial charge in [0, 0.05) is 28.2 Å². The molecule has 1 atom stereocenters. The van der Waals surface area contributed by atoms with Crippen LogP contribution in [0.2, 0.25) is 0 Å². The highest BCUT2D eigenvalue weighted by atomic mass is 15.1. The van der Waals surface area contributed by atoms with Crippen molar-refractivity contribution >= 4 is 28.4 Å². The largest absolute Gasteiger partial charge is 0.355 e. The third-order valence-corrected chi connectivity index (χ3v) is 8.20.